The zero-order chi connectivity index (χ0) is 56.1. The van der Waals surface area contributed by atoms with Gasteiger partial charge in [0.25, 0.3) is 0 Å². The summed E-state index contributed by atoms with van der Waals surface area (Å²) in [5.74, 6) is 1.65. The molecule has 0 amide bonds. The molecule has 0 unspecified atom stereocenters. The Morgan fingerprint density at radius 1 is 0.613 bits per heavy atom. The number of ether oxygens (including phenoxy) is 2. The fourth-order valence-electron chi connectivity index (χ4n) is 5.08. The Balaban J connectivity index is -0.000000262. The second-order valence-corrected chi connectivity index (χ2v) is 31.1. The maximum absolute atomic E-state index is 5.55. The summed E-state index contributed by atoms with van der Waals surface area (Å²) in [5.41, 5.74) is 20.0. The molecule has 4 heterocycles. The van der Waals surface area contributed by atoms with Crippen LogP contribution in [0.25, 0.3) is 0 Å². The van der Waals surface area contributed by atoms with Gasteiger partial charge in [-0.3, -0.25) is 92.6 Å². The normalized spacial score (nSPS) is 9.43. The molecule has 5 N–H and O–H groups in total. The van der Waals surface area contributed by atoms with Gasteiger partial charge in [-0.1, -0.05) is 108 Å². The molecule has 6 aromatic rings. The molecule has 418 valence electrons. The molecule has 0 bridgehead atoms. The van der Waals surface area contributed by atoms with Crippen LogP contribution < -0.4 is 26.3 Å². The van der Waals surface area contributed by atoms with Crippen molar-refractivity contribution in [1.29, 1.82) is 0 Å². The number of aromatic nitrogens is 4. The summed E-state index contributed by atoms with van der Waals surface area (Å²) in [4.78, 5) is 25.7. The molecular formula is C53H76Br2I6N10O2V2-2. The molecule has 12 nitrogen and oxygen atoms in total. The molecule has 0 aliphatic heterocycles. The van der Waals surface area contributed by atoms with E-state index in [1.165, 1.54) is 32.2 Å². The topological polar surface area (TPSA) is 144 Å². The Hall–Kier alpha value is 0.589. The molecule has 2 radical (unpaired) electrons. The largest absolute Gasteiger partial charge is 0.497 e. The summed E-state index contributed by atoms with van der Waals surface area (Å²) in [6, 6.07) is 24.3. The molecule has 6 rings (SSSR count). The third-order valence-electron chi connectivity index (χ3n) is 7.80. The summed E-state index contributed by atoms with van der Waals surface area (Å²) >= 11 is 19.9. The number of nitrogens with two attached hydrogens (primary N) is 2. The van der Waals surface area contributed by atoms with Gasteiger partial charge in [0, 0.05) is 126 Å². The molecule has 4 aromatic heterocycles. The predicted molar refractivity (Wildman–Crippen MR) is 373 cm³/mol. The van der Waals surface area contributed by atoms with Gasteiger partial charge >= 0.3 is 0 Å². The molecule has 0 aliphatic rings. The van der Waals surface area contributed by atoms with E-state index in [2.05, 4.69) is 280 Å². The van der Waals surface area contributed by atoms with Crippen molar-refractivity contribution in [2.45, 2.75) is 64.3 Å². The van der Waals surface area contributed by atoms with Gasteiger partial charge < -0.3 is 63.5 Å². The van der Waals surface area contributed by atoms with Crippen molar-refractivity contribution in [1.82, 2.24) is 34.6 Å². The number of halogens is 8. The second kappa shape index (κ2) is 56.5. The van der Waals surface area contributed by atoms with Crippen LogP contribution in [-0.4, -0.2) is 99.5 Å². The van der Waals surface area contributed by atoms with Gasteiger partial charge in [-0.15, -0.1) is -0.0619 Å². The Bertz CT molecular complexity index is 2150. The number of nitrogens with one attached hydrogen (secondary N) is 1. The van der Waals surface area contributed by atoms with Crippen molar-refractivity contribution in [3.63, 3.8) is 0 Å². The Morgan fingerprint density at radius 3 is 1.36 bits per heavy atom. The van der Waals surface area contributed by atoms with Crippen LogP contribution in [0.3, 0.4) is 0 Å². The van der Waals surface area contributed by atoms with Crippen LogP contribution in [0.15, 0.2) is 131 Å². The minimum atomic E-state index is 0. The van der Waals surface area contributed by atoms with Crippen molar-refractivity contribution in [2.24, 2.45) is 5.73 Å². The first-order valence-corrected chi connectivity index (χ1v) is 31.4. The summed E-state index contributed by atoms with van der Waals surface area (Å²) in [5, 5.41) is 3.39. The summed E-state index contributed by atoms with van der Waals surface area (Å²) in [6.07, 6.45) is 14.3. The van der Waals surface area contributed by atoms with Gasteiger partial charge in [0.1, 0.15) is 11.5 Å². The minimum absolute atomic E-state index is 0. The van der Waals surface area contributed by atoms with E-state index in [4.69, 9.17) is 20.9 Å². The van der Waals surface area contributed by atoms with Crippen LogP contribution in [-0.2, 0) is 69.8 Å². The van der Waals surface area contributed by atoms with E-state index in [9.17, 15) is 0 Å². The van der Waals surface area contributed by atoms with E-state index in [1.54, 1.807) is 39.0 Å². The van der Waals surface area contributed by atoms with Crippen molar-refractivity contribution in [2.75, 3.05) is 72.0 Å². The number of anilines is 2. The van der Waals surface area contributed by atoms with Gasteiger partial charge in [-0.05, 0) is 150 Å². The summed E-state index contributed by atoms with van der Waals surface area (Å²) in [7, 11) is 15.5. The molecule has 2 aromatic carbocycles. The van der Waals surface area contributed by atoms with E-state index in [0.29, 0.717) is 6.54 Å². The van der Waals surface area contributed by atoms with Gasteiger partial charge in [-0.25, -0.2) is 0 Å². The van der Waals surface area contributed by atoms with Crippen LogP contribution in [0.4, 0.5) is 11.4 Å². The zero-order valence-electron chi connectivity index (χ0n) is 45.1. The standard InChI is InChI=1S/C16H21N3O.C8H11BrN2.C8H13N3.C8H11N.C6H6BrNO.C3H7I.C2H5I.CI3.CH2I.2V/c1-19(2)12-14-8-15(11-17-9-14)18-10-13-4-6-16(20-3)7-5-13;2*1-11(2)6-7-3-8(9)5-10-4-7;1-7-2-4-8(6-9)5-3-7;1-9-6-2-5(7)3-8-4-6;1-3(2)4;1-2-3;2-1(3)4;1-2;;/h4-9,11,18H,10,12H2,1-3H3;3-5H,6H2,1-2H3;3-5H,6,9H2,1-2H3;2-5H,6,9H2,1H3;2-4H,1H3;3H,1-2H3;2H2,1H3;;1H2;;/q;;;;;;;2*-1;;. The molecular weight excluding hydrogens is 1830 g/mol. The van der Waals surface area contributed by atoms with Crippen LogP contribution in [0.1, 0.15) is 54.2 Å². The fraction of sp³-hybridized carbons (Fsp3) is 0.358. The number of hydrogen-bond donors (Lipinski definition) is 3. The fourth-order valence-corrected chi connectivity index (χ4v) is 5.83. The Labute approximate surface area is 574 Å². The number of rotatable bonds is 12. The molecule has 22 heteroatoms. The Morgan fingerprint density at radius 2 is 0.987 bits per heavy atom. The minimum Gasteiger partial charge on any atom is -0.497 e. The van der Waals surface area contributed by atoms with Crippen LogP contribution >= 0.6 is 167 Å². The smallest absolute Gasteiger partial charge is 0.138 e. The SMILES string of the molecule is CC(C)I.CCI.CN(C)Cc1cncc(Br)c1.CN(C)Cc1cncc(N)c1.COc1ccc(CNc2cncc(CN(C)C)c2)cc1.COc1cncc(Br)c1.Cc1ccc(CN)cc1.I[C-](I)I.[CH2-]I.[V].[V]. The number of nitrogens with zero attached hydrogens (tertiary/aromatic N) is 7. The van der Waals surface area contributed by atoms with Gasteiger partial charge in [0.15, 0.2) is 0 Å². The monoisotopic (exact) mass is 1910 g/mol. The van der Waals surface area contributed by atoms with E-state index in [-0.39, 0.29) is 37.1 Å². The number of aryl methyl sites for hydroxylation is 1. The quantitative estimate of drug-likeness (QED) is 0.0609. The average molecular weight is 1910 g/mol. The predicted octanol–water partition coefficient (Wildman–Crippen LogP) is 15.9. The van der Waals surface area contributed by atoms with Crippen molar-refractivity contribution >= 4 is 179 Å². The summed E-state index contributed by atoms with van der Waals surface area (Å²) in [6.45, 7) is 12.6. The number of alkyl halides is 2. The van der Waals surface area contributed by atoms with Gasteiger partial charge in [0.2, 0.25) is 0 Å². The molecule has 0 aliphatic carbocycles. The third-order valence-corrected chi connectivity index (χ3v) is 8.66. The van der Waals surface area contributed by atoms with E-state index in [0.717, 1.165) is 67.5 Å². The van der Waals surface area contributed by atoms with E-state index < -0.39 is 0 Å². The Kier molecular flexibility index (Phi) is 63.5. The number of nitrogen functional groups attached to an aromatic ring is 1. The van der Waals surface area contributed by atoms with Crippen LogP contribution in [0.2, 0.25) is 0 Å². The van der Waals surface area contributed by atoms with Crippen LogP contribution in [0, 0.1) is 11.8 Å². The summed E-state index contributed by atoms with van der Waals surface area (Å²) < 4.78 is 15.4. The second-order valence-electron chi connectivity index (χ2n) is 15.9. The molecule has 75 heavy (non-hydrogen) atoms. The number of pyridine rings is 4. The molecule has 0 spiro atoms. The first kappa shape index (κ1) is 84.4. The van der Waals surface area contributed by atoms with Gasteiger partial charge in [0.05, 0.1) is 31.8 Å². The van der Waals surface area contributed by atoms with E-state index >= 15 is 0 Å². The average Bonchev–Trinajstić information content (AvgIpc) is 3.32. The van der Waals surface area contributed by atoms with Crippen molar-refractivity contribution in [3.8, 4) is 11.5 Å². The molecule has 0 saturated heterocycles. The number of hydrogen-bond acceptors (Lipinski definition) is 12. The maximum atomic E-state index is 5.55. The van der Waals surface area contributed by atoms with Crippen molar-refractivity contribution in [3.05, 3.63) is 170 Å². The van der Waals surface area contributed by atoms with Gasteiger partial charge in [-0.2, -0.15) is 0 Å². The molecule has 0 fully saturated rings. The van der Waals surface area contributed by atoms with Crippen molar-refractivity contribution < 1.29 is 46.6 Å². The maximum Gasteiger partial charge on any atom is 0.138 e. The first-order chi connectivity index (χ1) is 34.6. The first-order valence-electron chi connectivity index (χ1n) is 22.3. The number of methoxy groups -OCH3 is 2. The molecule has 0 saturated carbocycles. The van der Waals surface area contributed by atoms with Crippen LogP contribution in [0.5, 0.6) is 11.5 Å². The molecule has 0 atom stereocenters. The number of benzene rings is 2. The third kappa shape index (κ3) is 56.2. The van der Waals surface area contributed by atoms with E-state index in [1.807, 2.05) is 99.8 Å². The zero-order valence-corrected chi connectivity index (χ0v) is 64.0.